The summed E-state index contributed by atoms with van der Waals surface area (Å²) in [6.07, 6.45) is 3.05. The number of anilines is 2. The zero-order chi connectivity index (χ0) is 18.1. The number of nitrogens with zero attached hydrogens (tertiary/aromatic N) is 4. The fraction of sp³-hybridized carbons (Fsp3) is 0.111. The van der Waals surface area contributed by atoms with E-state index in [-0.39, 0.29) is 11.7 Å². The Bertz CT molecular complexity index is 978. The molecule has 1 amide bonds. The van der Waals surface area contributed by atoms with E-state index >= 15 is 0 Å². The second kappa shape index (κ2) is 6.32. The van der Waals surface area contributed by atoms with Gasteiger partial charge in [0.2, 0.25) is 5.95 Å². The predicted molar refractivity (Wildman–Crippen MR) is 95.5 cm³/mol. The normalized spacial score (nSPS) is 16.0. The molecule has 0 saturated carbocycles. The van der Waals surface area contributed by atoms with E-state index in [2.05, 4.69) is 25.7 Å². The van der Waals surface area contributed by atoms with Gasteiger partial charge in [-0.3, -0.25) is 4.79 Å². The average Bonchev–Trinajstić information content (AvgIpc) is 3.10. The van der Waals surface area contributed by atoms with Crippen LogP contribution in [0.4, 0.5) is 11.8 Å². The average molecular weight is 348 g/mol. The first-order valence-electron chi connectivity index (χ1n) is 8.02. The Morgan fingerprint density at radius 1 is 1.19 bits per heavy atom. The lowest BCUT2D eigenvalue weighted by atomic mass is 9.95. The van der Waals surface area contributed by atoms with Crippen molar-refractivity contribution >= 4 is 17.7 Å². The number of fused-ring (bicyclic) bond motifs is 1. The summed E-state index contributed by atoms with van der Waals surface area (Å²) in [6, 6.07) is 11.5. The van der Waals surface area contributed by atoms with E-state index in [1.807, 2.05) is 6.92 Å². The van der Waals surface area contributed by atoms with E-state index in [9.17, 15) is 9.90 Å². The SMILES string of the molecule is CC1=C(C(=O)Nc2ccccn2)[C@H](c2ccc(O)cc2)n2ncnc2N1. The Morgan fingerprint density at radius 2 is 2.00 bits per heavy atom. The fourth-order valence-corrected chi connectivity index (χ4v) is 2.97. The molecule has 0 aliphatic carbocycles. The maximum absolute atomic E-state index is 13.0. The number of aromatic nitrogens is 4. The maximum Gasteiger partial charge on any atom is 0.257 e. The van der Waals surface area contributed by atoms with Gasteiger partial charge < -0.3 is 15.7 Å². The van der Waals surface area contributed by atoms with E-state index in [1.165, 1.54) is 6.33 Å². The quantitative estimate of drug-likeness (QED) is 0.671. The monoisotopic (exact) mass is 348 g/mol. The van der Waals surface area contributed by atoms with Gasteiger partial charge in [0, 0.05) is 11.9 Å². The zero-order valence-corrected chi connectivity index (χ0v) is 13.9. The van der Waals surface area contributed by atoms with Crippen molar-refractivity contribution in [1.82, 2.24) is 19.7 Å². The van der Waals surface area contributed by atoms with Crippen molar-refractivity contribution < 1.29 is 9.90 Å². The lowest BCUT2D eigenvalue weighted by Crippen LogP contribution is -2.31. The Morgan fingerprint density at radius 3 is 2.73 bits per heavy atom. The first-order valence-corrected chi connectivity index (χ1v) is 8.02. The number of benzene rings is 1. The lowest BCUT2D eigenvalue weighted by Gasteiger charge is -2.28. The molecule has 1 atom stereocenters. The van der Waals surface area contributed by atoms with Crippen molar-refractivity contribution in [1.29, 1.82) is 0 Å². The van der Waals surface area contributed by atoms with Crippen LogP contribution in [0.3, 0.4) is 0 Å². The number of amides is 1. The molecule has 0 saturated heterocycles. The topological polar surface area (TPSA) is 105 Å². The van der Waals surface area contributed by atoms with Crippen LogP contribution in [0.2, 0.25) is 0 Å². The largest absolute Gasteiger partial charge is 0.508 e. The number of hydrogen-bond donors (Lipinski definition) is 3. The molecule has 2 aromatic heterocycles. The summed E-state index contributed by atoms with van der Waals surface area (Å²) in [5.74, 6) is 0.885. The molecule has 0 spiro atoms. The van der Waals surface area contributed by atoms with Crippen molar-refractivity contribution in [2.24, 2.45) is 0 Å². The van der Waals surface area contributed by atoms with E-state index < -0.39 is 6.04 Å². The van der Waals surface area contributed by atoms with Crippen molar-refractivity contribution in [2.75, 3.05) is 10.6 Å². The van der Waals surface area contributed by atoms with Crippen molar-refractivity contribution in [3.05, 3.63) is 71.8 Å². The number of nitrogens with one attached hydrogen (secondary N) is 2. The smallest absolute Gasteiger partial charge is 0.257 e. The van der Waals surface area contributed by atoms with Crippen LogP contribution in [0.25, 0.3) is 0 Å². The Labute approximate surface area is 149 Å². The number of phenols is 1. The molecule has 0 radical (unpaired) electrons. The van der Waals surface area contributed by atoms with Crippen LogP contribution in [-0.4, -0.2) is 30.8 Å². The van der Waals surface area contributed by atoms with Gasteiger partial charge in [0.05, 0.1) is 5.57 Å². The number of hydrogen-bond acceptors (Lipinski definition) is 6. The molecule has 0 fully saturated rings. The number of carbonyl (C=O) groups is 1. The van der Waals surface area contributed by atoms with Gasteiger partial charge in [0.1, 0.15) is 23.9 Å². The molecule has 8 heteroatoms. The molecule has 3 aromatic rings. The molecule has 8 nitrogen and oxygen atoms in total. The summed E-state index contributed by atoms with van der Waals surface area (Å²) in [5, 5.41) is 19.8. The summed E-state index contributed by atoms with van der Waals surface area (Å²) in [6.45, 7) is 1.82. The van der Waals surface area contributed by atoms with E-state index in [4.69, 9.17) is 0 Å². The number of phenolic OH excluding ortho intramolecular Hbond substituents is 1. The zero-order valence-electron chi connectivity index (χ0n) is 13.9. The highest BCUT2D eigenvalue weighted by molar-refractivity contribution is 6.05. The van der Waals surface area contributed by atoms with Crippen LogP contribution < -0.4 is 10.6 Å². The van der Waals surface area contributed by atoms with Crippen molar-refractivity contribution in [3.63, 3.8) is 0 Å². The molecule has 3 heterocycles. The molecule has 1 aromatic carbocycles. The van der Waals surface area contributed by atoms with Gasteiger partial charge in [-0.25, -0.2) is 9.67 Å². The Balaban J connectivity index is 1.77. The van der Waals surface area contributed by atoms with Crippen LogP contribution in [0.1, 0.15) is 18.5 Å². The van der Waals surface area contributed by atoms with Gasteiger partial charge in [0.25, 0.3) is 5.91 Å². The molecule has 1 aliphatic rings. The summed E-state index contributed by atoms with van der Waals surface area (Å²) in [5.41, 5.74) is 1.98. The van der Waals surface area contributed by atoms with Gasteiger partial charge >= 0.3 is 0 Å². The third-order valence-electron chi connectivity index (χ3n) is 4.15. The Kier molecular flexibility index (Phi) is 3.85. The minimum Gasteiger partial charge on any atom is -0.508 e. The molecule has 26 heavy (non-hydrogen) atoms. The molecule has 130 valence electrons. The highest BCUT2D eigenvalue weighted by atomic mass is 16.3. The summed E-state index contributed by atoms with van der Waals surface area (Å²) >= 11 is 0. The third-order valence-corrected chi connectivity index (χ3v) is 4.15. The highest BCUT2D eigenvalue weighted by Gasteiger charge is 2.33. The van der Waals surface area contributed by atoms with Crippen LogP contribution in [-0.2, 0) is 4.79 Å². The van der Waals surface area contributed by atoms with Gasteiger partial charge in [-0.05, 0) is 36.8 Å². The number of aromatic hydroxyl groups is 1. The van der Waals surface area contributed by atoms with Gasteiger partial charge in [-0.15, -0.1) is 0 Å². The highest BCUT2D eigenvalue weighted by Crippen LogP contribution is 2.35. The maximum atomic E-state index is 13.0. The second-order valence-corrected chi connectivity index (χ2v) is 5.86. The van der Waals surface area contributed by atoms with E-state index in [0.29, 0.717) is 23.0 Å². The first kappa shape index (κ1) is 15.8. The molecule has 0 bridgehead atoms. The second-order valence-electron chi connectivity index (χ2n) is 5.86. The number of carbonyl (C=O) groups excluding carboxylic acids is 1. The molecular weight excluding hydrogens is 332 g/mol. The third kappa shape index (κ3) is 2.77. The molecule has 3 N–H and O–H groups in total. The van der Waals surface area contributed by atoms with Gasteiger partial charge in [-0.2, -0.15) is 10.1 Å². The van der Waals surface area contributed by atoms with Gasteiger partial charge in [0.15, 0.2) is 0 Å². The van der Waals surface area contributed by atoms with E-state index in [1.54, 1.807) is 53.3 Å². The Hall–Kier alpha value is -3.68. The summed E-state index contributed by atoms with van der Waals surface area (Å²) < 4.78 is 1.65. The van der Waals surface area contributed by atoms with Crippen LogP contribution in [0, 0.1) is 0 Å². The minimum atomic E-state index is -0.474. The van der Waals surface area contributed by atoms with Crippen LogP contribution >= 0.6 is 0 Å². The van der Waals surface area contributed by atoms with Crippen molar-refractivity contribution in [3.8, 4) is 5.75 Å². The van der Waals surface area contributed by atoms with Crippen LogP contribution in [0.5, 0.6) is 5.75 Å². The lowest BCUT2D eigenvalue weighted by molar-refractivity contribution is -0.113. The predicted octanol–water partition coefficient (Wildman–Crippen LogP) is 2.31. The first-order chi connectivity index (χ1) is 12.6. The number of rotatable bonds is 3. The summed E-state index contributed by atoms with van der Waals surface area (Å²) in [4.78, 5) is 21.3. The molecule has 4 rings (SSSR count). The minimum absolute atomic E-state index is 0.154. The number of pyridine rings is 1. The number of allylic oxidation sites excluding steroid dienone is 1. The standard InChI is InChI=1S/C18H16N6O2/c1-11-15(17(26)23-14-4-2-3-9-19-14)16(12-5-7-13(25)8-6-12)24-18(22-11)20-10-21-24/h2-10,16,25H,1H3,(H,19,23,26)(H,20,21,22)/t16-/m0/s1. The van der Waals surface area contributed by atoms with E-state index in [0.717, 1.165) is 5.56 Å². The molecular formula is C18H16N6O2. The van der Waals surface area contributed by atoms with Gasteiger partial charge in [-0.1, -0.05) is 18.2 Å². The van der Waals surface area contributed by atoms with Crippen LogP contribution in [0.15, 0.2) is 66.3 Å². The molecule has 1 aliphatic heterocycles. The van der Waals surface area contributed by atoms with Crippen molar-refractivity contribution in [2.45, 2.75) is 13.0 Å². The molecule has 0 unspecified atom stereocenters. The summed E-state index contributed by atoms with van der Waals surface area (Å²) in [7, 11) is 0. The fourth-order valence-electron chi connectivity index (χ4n) is 2.97.